The minimum atomic E-state index is -1.71. The predicted octanol–water partition coefficient (Wildman–Crippen LogP) is -2.30. The molecule has 25 heteroatoms. The molecule has 0 unspecified atom stereocenters. The Morgan fingerprint density at radius 2 is 1.30 bits per heavy atom. The molecule has 7 atom stereocenters. The second kappa shape index (κ2) is 30.8. The lowest BCUT2D eigenvalue weighted by molar-refractivity contribution is -0.136. The average Bonchev–Trinajstić information content (AvgIpc) is 3.75. The van der Waals surface area contributed by atoms with Crippen molar-refractivity contribution in [3.8, 4) is 0 Å². The van der Waals surface area contributed by atoms with E-state index in [1.807, 2.05) is 24.3 Å². The summed E-state index contributed by atoms with van der Waals surface area (Å²) in [6.07, 6.45) is 1.65. The van der Waals surface area contributed by atoms with Crippen molar-refractivity contribution < 1.29 is 48.3 Å². The van der Waals surface area contributed by atoms with Crippen molar-refractivity contribution in [2.75, 3.05) is 20.1 Å². The summed E-state index contributed by atoms with van der Waals surface area (Å²) < 4.78 is 0. The number of para-hydroxylation sites is 1. The fourth-order valence-electron chi connectivity index (χ4n) is 7.52. The number of nitrogens with zero attached hydrogens (tertiary/aromatic N) is 1. The molecule has 0 aliphatic heterocycles. The number of guanidine groups is 1. The summed E-state index contributed by atoms with van der Waals surface area (Å²) in [7, 11) is 1.49. The van der Waals surface area contributed by atoms with Gasteiger partial charge in [0.2, 0.25) is 41.4 Å². The molecule has 0 saturated carbocycles. The lowest BCUT2D eigenvalue weighted by atomic mass is 10.0. The number of aromatic nitrogens is 1. The van der Waals surface area contributed by atoms with Gasteiger partial charge in [-0.1, -0.05) is 68.8 Å². The molecule has 3 aromatic rings. The van der Waals surface area contributed by atoms with Crippen LogP contribution in [-0.2, 0) is 51.2 Å². The second-order valence-electron chi connectivity index (χ2n) is 17.9. The van der Waals surface area contributed by atoms with Crippen molar-refractivity contribution in [2.24, 2.45) is 33.8 Å². The quantitative estimate of drug-likeness (QED) is 0.0145. The number of hydrogen-bond acceptors (Lipinski definition) is 12. The van der Waals surface area contributed by atoms with Crippen LogP contribution in [0.2, 0.25) is 0 Å². The number of carbonyl (C=O) groups excluding carboxylic acids is 9. The number of fused-ring (bicyclic) bond motifs is 1. The number of carbonyl (C=O) groups is 9. The molecule has 1 aromatic heterocycles. The highest BCUT2D eigenvalue weighted by molar-refractivity contribution is 5.97. The fraction of sp³-hybridized carbons (Fsp3) is 0.500. The van der Waals surface area contributed by atoms with Crippen LogP contribution in [0.25, 0.3) is 10.9 Å². The molecule has 0 saturated heterocycles. The van der Waals surface area contributed by atoms with Crippen LogP contribution in [0.1, 0.15) is 83.3 Å². The summed E-state index contributed by atoms with van der Waals surface area (Å²) in [5.74, 6) is -6.84. The smallest absolute Gasteiger partial charge is 0.334 e. The zero-order valence-corrected chi connectivity index (χ0v) is 41.8. The Morgan fingerprint density at radius 3 is 1.95 bits per heavy atom. The van der Waals surface area contributed by atoms with Crippen LogP contribution in [0.4, 0.5) is 4.79 Å². The van der Waals surface area contributed by atoms with E-state index in [0.29, 0.717) is 37.8 Å². The standard InChI is InChI=1S/C48H73N15O10/c1-27(2)22-35(43(69)57-33(18-13-21-54-47(52)53-4)42(68)58-34(41(51)67)24-30-26-55-32-17-11-10-16-31(30)32)60-48(73)63-62-45(71)36(23-29-14-7-5-8-15-29)59-46(72)40(28(3)64)61-44(70)37(25-38(50)65)56-39(66)19-9-6-12-20-49/h5,7-8,10-11,14-17,26-28,33-37,40,55,64H,6,9,12-13,18-25,49H2,1-4H3,(H2,50,65)(H2,51,67)(H,56,66)(H,57,69)(H,58,68)(H,59,72)(H,61,70)(H,62,71)(H3,52,53,54)(H2,60,63,73)/t28-,33+,34+,35+,36+,37+,40+/m1/s1. The van der Waals surface area contributed by atoms with E-state index in [0.717, 1.165) is 16.5 Å². The van der Waals surface area contributed by atoms with Crippen LogP contribution in [0.15, 0.2) is 65.8 Å². The molecule has 3 rings (SSSR count). The fourth-order valence-corrected chi connectivity index (χ4v) is 7.52. The molecule has 0 radical (unpaired) electrons. The Labute approximate surface area is 423 Å². The van der Waals surface area contributed by atoms with Crippen LogP contribution in [-0.4, -0.2) is 132 Å². The van der Waals surface area contributed by atoms with Crippen LogP contribution in [0.5, 0.6) is 0 Å². The first kappa shape index (κ1) is 59.5. The number of primary amides is 2. The van der Waals surface area contributed by atoms with Gasteiger partial charge in [-0.2, -0.15) is 0 Å². The number of aliphatic hydroxyl groups excluding tert-OH is 1. The molecular formula is C48H73N15O10. The van der Waals surface area contributed by atoms with Gasteiger partial charge in [0.25, 0.3) is 5.91 Å². The SMILES string of the molecule is CN=C(N)NCCC[C@H](NC(=O)[C@H](CC(C)C)NC(=O)NNC(=O)[C@H](Cc1ccccc1)NC(=O)[C@@H](NC(=O)[C@H](CC(N)=O)NC(=O)CCCCCN)[C@@H](C)O)C(=O)N[C@@H](Cc1c[nH]c2ccccc12)C(N)=O. The third kappa shape index (κ3) is 21.2. The number of nitrogens with one attached hydrogen (secondary N) is 10. The summed E-state index contributed by atoms with van der Waals surface area (Å²) in [6.45, 7) is 5.48. The average molecular weight is 1020 g/mol. The van der Waals surface area contributed by atoms with Crippen molar-refractivity contribution in [1.29, 1.82) is 0 Å². The van der Waals surface area contributed by atoms with Crippen LogP contribution >= 0.6 is 0 Å². The van der Waals surface area contributed by atoms with E-state index in [1.54, 1.807) is 50.4 Å². The topological polar surface area (TPSA) is 414 Å². The molecular weight excluding hydrogens is 947 g/mol. The van der Waals surface area contributed by atoms with Gasteiger partial charge in [0.15, 0.2) is 5.96 Å². The van der Waals surface area contributed by atoms with E-state index in [1.165, 1.54) is 14.0 Å². The normalized spacial score (nSPS) is 14.2. The molecule has 25 nitrogen and oxygen atoms in total. The Hall–Kier alpha value is -7.80. The van der Waals surface area contributed by atoms with Gasteiger partial charge in [0, 0.05) is 50.0 Å². The molecule has 10 amide bonds. The Bertz CT molecular complexity index is 2360. The first-order chi connectivity index (χ1) is 34.7. The minimum Gasteiger partial charge on any atom is -0.391 e. The van der Waals surface area contributed by atoms with E-state index in [-0.39, 0.29) is 50.5 Å². The summed E-state index contributed by atoms with van der Waals surface area (Å²) in [6, 6.07) is 6.43. The van der Waals surface area contributed by atoms with Gasteiger partial charge in [-0.3, -0.25) is 48.8 Å². The molecule has 0 aliphatic rings. The summed E-state index contributed by atoms with van der Waals surface area (Å²) >= 11 is 0. The number of benzene rings is 2. The molecule has 0 spiro atoms. The molecule has 73 heavy (non-hydrogen) atoms. The highest BCUT2D eigenvalue weighted by atomic mass is 16.3. The first-order valence-corrected chi connectivity index (χ1v) is 24.1. The van der Waals surface area contributed by atoms with Gasteiger partial charge in [-0.25, -0.2) is 10.2 Å². The van der Waals surface area contributed by atoms with Gasteiger partial charge in [0.05, 0.1) is 12.5 Å². The number of H-pyrrole nitrogens is 1. The third-order valence-corrected chi connectivity index (χ3v) is 11.4. The van der Waals surface area contributed by atoms with Gasteiger partial charge in [-0.05, 0) is 68.7 Å². The number of urea groups is 1. The number of aromatic amines is 1. The number of aliphatic imine (C=N–C) groups is 1. The monoisotopic (exact) mass is 1020 g/mol. The van der Waals surface area contributed by atoms with Gasteiger partial charge < -0.3 is 70.2 Å². The van der Waals surface area contributed by atoms with E-state index < -0.39 is 102 Å². The number of hydrogen-bond donors (Lipinski definition) is 15. The van der Waals surface area contributed by atoms with E-state index in [4.69, 9.17) is 22.9 Å². The van der Waals surface area contributed by atoms with Crippen LogP contribution < -0.4 is 71.0 Å². The molecule has 0 bridgehead atoms. The maximum atomic E-state index is 14.0. The molecule has 1 heterocycles. The Kier molecular flexibility index (Phi) is 25.1. The molecule has 0 aliphatic carbocycles. The van der Waals surface area contributed by atoms with Gasteiger partial charge in [-0.15, -0.1) is 0 Å². The zero-order valence-electron chi connectivity index (χ0n) is 41.8. The number of unbranched alkanes of at least 4 members (excludes halogenated alkanes) is 2. The Morgan fingerprint density at radius 1 is 0.658 bits per heavy atom. The number of amides is 10. The predicted molar refractivity (Wildman–Crippen MR) is 272 cm³/mol. The van der Waals surface area contributed by atoms with Crippen LogP contribution in [0, 0.1) is 5.92 Å². The second-order valence-corrected chi connectivity index (χ2v) is 17.9. The summed E-state index contributed by atoms with van der Waals surface area (Å²) in [5.41, 5.74) is 28.9. The maximum absolute atomic E-state index is 14.0. The molecule has 0 fully saturated rings. The van der Waals surface area contributed by atoms with E-state index >= 15 is 0 Å². The lowest BCUT2D eigenvalue weighted by Crippen LogP contribution is -2.62. The minimum absolute atomic E-state index is 0.0225. The summed E-state index contributed by atoms with van der Waals surface area (Å²) in [4.78, 5) is 126. The third-order valence-electron chi connectivity index (χ3n) is 11.4. The van der Waals surface area contributed by atoms with Crippen LogP contribution in [0.3, 0.4) is 0 Å². The highest BCUT2D eigenvalue weighted by Gasteiger charge is 2.34. The number of hydrazine groups is 1. The van der Waals surface area contributed by atoms with Crippen molar-refractivity contribution in [3.63, 3.8) is 0 Å². The first-order valence-electron chi connectivity index (χ1n) is 24.1. The van der Waals surface area contributed by atoms with Crippen molar-refractivity contribution in [1.82, 2.24) is 53.1 Å². The number of nitrogens with two attached hydrogens (primary N) is 4. The van der Waals surface area contributed by atoms with Gasteiger partial charge >= 0.3 is 6.03 Å². The lowest BCUT2D eigenvalue weighted by Gasteiger charge is -2.27. The van der Waals surface area contributed by atoms with Crippen molar-refractivity contribution in [3.05, 3.63) is 71.9 Å². The summed E-state index contributed by atoms with van der Waals surface area (Å²) in [5, 5.41) is 29.5. The highest BCUT2D eigenvalue weighted by Crippen LogP contribution is 2.19. The van der Waals surface area contributed by atoms with Gasteiger partial charge in [0.1, 0.15) is 36.3 Å². The Balaban J connectivity index is 1.77. The molecule has 2 aromatic carbocycles. The zero-order chi connectivity index (χ0) is 54.0. The molecule has 19 N–H and O–H groups in total. The van der Waals surface area contributed by atoms with Crippen molar-refractivity contribution in [2.45, 2.75) is 127 Å². The molecule has 400 valence electrons. The van der Waals surface area contributed by atoms with E-state index in [2.05, 4.69) is 58.0 Å². The number of aliphatic hydroxyl groups is 1. The largest absolute Gasteiger partial charge is 0.391 e. The van der Waals surface area contributed by atoms with Crippen molar-refractivity contribution >= 4 is 70.2 Å². The van der Waals surface area contributed by atoms with E-state index in [9.17, 15) is 48.3 Å². The maximum Gasteiger partial charge on any atom is 0.334 e. The number of rotatable bonds is 30.